The van der Waals surface area contributed by atoms with E-state index in [0.717, 1.165) is 26.2 Å². The molecular formula is C15H24N4O2. The van der Waals surface area contributed by atoms with Crippen LogP contribution in [-0.4, -0.2) is 61.6 Å². The molecule has 3 N–H and O–H groups in total. The van der Waals surface area contributed by atoms with Gasteiger partial charge in [0, 0.05) is 32.2 Å². The minimum absolute atomic E-state index is 0.334. The first-order valence-electron chi connectivity index (χ1n) is 7.27. The lowest BCUT2D eigenvalue weighted by molar-refractivity contribution is 0.0908. The van der Waals surface area contributed by atoms with E-state index < -0.39 is 0 Å². The number of hydrogen-bond donors (Lipinski definition) is 2. The Labute approximate surface area is 125 Å². The highest BCUT2D eigenvalue weighted by atomic mass is 16.5. The molecule has 1 saturated heterocycles. The smallest absolute Gasteiger partial charge is 0.268 e. The molecule has 1 aromatic carbocycles. The molecule has 2 rings (SSSR count). The van der Waals surface area contributed by atoms with Crippen molar-refractivity contribution >= 4 is 5.91 Å². The fourth-order valence-corrected chi connectivity index (χ4v) is 2.47. The lowest BCUT2D eigenvalue weighted by Crippen LogP contribution is -2.50. The first-order chi connectivity index (χ1) is 10.1. The predicted octanol–water partition coefficient (Wildman–Crippen LogP) is 0.305. The fourth-order valence-electron chi connectivity index (χ4n) is 2.47. The number of carbonyl (C=O) groups is 1. The molecule has 1 aliphatic rings. The Kier molecular flexibility index (Phi) is 5.55. The van der Waals surface area contributed by atoms with Gasteiger partial charge in [0.15, 0.2) is 0 Å². The predicted molar refractivity (Wildman–Crippen MR) is 82.1 cm³/mol. The summed E-state index contributed by atoms with van der Waals surface area (Å²) in [4.78, 5) is 16.4. The number of hydrazine groups is 1. The third-order valence-electron chi connectivity index (χ3n) is 3.97. The summed E-state index contributed by atoms with van der Waals surface area (Å²) in [5.41, 5.74) is 2.60. The van der Waals surface area contributed by atoms with Crippen molar-refractivity contribution < 1.29 is 9.53 Å². The van der Waals surface area contributed by atoms with Gasteiger partial charge in [0.25, 0.3) is 5.91 Å². The molecule has 1 amide bonds. The molecule has 1 aliphatic heterocycles. The number of likely N-dealkylation sites (N-methyl/N-ethyl adjacent to an activating group) is 1. The molecule has 0 radical (unpaired) electrons. The van der Waals surface area contributed by atoms with Gasteiger partial charge in [0.1, 0.15) is 12.4 Å². The van der Waals surface area contributed by atoms with Crippen LogP contribution in [0.4, 0.5) is 0 Å². The van der Waals surface area contributed by atoms with Gasteiger partial charge in [-0.2, -0.15) is 0 Å². The Morgan fingerprint density at radius 3 is 2.90 bits per heavy atom. The number of carbonyl (C=O) groups excluding carboxylic acids is 1. The summed E-state index contributed by atoms with van der Waals surface area (Å²) in [6, 6.07) is 7.70. The van der Waals surface area contributed by atoms with Crippen LogP contribution >= 0.6 is 0 Å². The zero-order valence-electron chi connectivity index (χ0n) is 12.7. The summed E-state index contributed by atoms with van der Waals surface area (Å²) in [5, 5.41) is 0. The topological polar surface area (TPSA) is 70.8 Å². The van der Waals surface area contributed by atoms with Crippen LogP contribution in [0.25, 0.3) is 0 Å². The van der Waals surface area contributed by atoms with E-state index in [1.807, 2.05) is 6.07 Å². The molecule has 0 bridgehead atoms. The van der Waals surface area contributed by atoms with Crippen molar-refractivity contribution in [3.63, 3.8) is 0 Å². The number of nitrogens with two attached hydrogens (primary N) is 1. The molecule has 0 aromatic heterocycles. The monoisotopic (exact) mass is 292 g/mol. The second kappa shape index (κ2) is 7.40. The number of ether oxygens (including phenoxy) is 1. The van der Waals surface area contributed by atoms with Gasteiger partial charge in [-0.3, -0.25) is 15.1 Å². The Balaban J connectivity index is 1.85. The highest BCUT2D eigenvalue weighted by Gasteiger charge is 2.20. The SMILES string of the molecule is CC1CN(CCOc2ccccc2C(=O)NN)CCN1C. The van der Waals surface area contributed by atoms with Gasteiger partial charge in [-0.25, -0.2) is 5.84 Å². The molecule has 6 nitrogen and oxygen atoms in total. The second-order valence-electron chi connectivity index (χ2n) is 5.45. The lowest BCUT2D eigenvalue weighted by atomic mass is 10.2. The molecule has 1 unspecified atom stereocenters. The molecule has 116 valence electrons. The Morgan fingerprint density at radius 2 is 2.19 bits per heavy atom. The maximum absolute atomic E-state index is 11.6. The van der Waals surface area contributed by atoms with Gasteiger partial charge < -0.3 is 9.64 Å². The first kappa shape index (κ1) is 15.8. The maximum Gasteiger partial charge on any atom is 0.268 e. The number of benzene rings is 1. The quantitative estimate of drug-likeness (QED) is 0.464. The summed E-state index contributed by atoms with van der Waals surface area (Å²) >= 11 is 0. The van der Waals surface area contributed by atoms with Gasteiger partial charge in [-0.05, 0) is 26.1 Å². The number of nitrogens with one attached hydrogen (secondary N) is 1. The third-order valence-corrected chi connectivity index (χ3v) is 3.97. The molecule has 1 aromatic rings. The van der Waals surface area contributed by atoms with Crippen LogP contribution in [-0.2, 0) is 0 Å². The van der Waals surface area contributed by atoms with Crippen LogP contribution in [0.1, 0.15) is 17.3 Å². The Hall–Kier alpha value is -1.63. The number of nitrogen functional groups attached to an aromatic ring is 1. The number of rotatable bonds is 5. The van der Waals surface area contributed by atoms with E-state index in [4.69, 9.17) is 10.6 Å². The summed E-state index contributed by atoms with van der Waals surface area (Å²) in [5.74, 6) is 5.42. The molecule has 0 aliphatic carbocycles. The molecule has 1 atom stereocenters. The van der Waals surface area contributed by atoms with Crippen molar-refractivity contribution in [2.75, 3.05) is 39.8 Å². The lowest BCUT2D eigenvalue weighted by Gasteiger charge is -2.37. The fraction of sp³-hybridized carbons (Fsp3) is 0.533. The van der Waals surface area contributed by atoms with Gasteiger partial charge in [-0.1, -0.05) is 12.1 Å². The van der Waals surface area contributed by atoms with E-state index in [9.17, 15) is 4.79 Å². The number of hydrogen-bond acceptors (Lipinski definition) is 5. The average molecular weight is 292 g/mol. The molecule has 0 saturated carbocycles. The molecule has 1 heterocycles. The standard InChI is InChI=1S/C15H24N4O2/c1-12-11-19(8-7-18(12)2)9-10-21-14-6-4-3-5-13(14)15(20)17-16/h3-6,12H,7-11,16H2,1-2H3,(H,17,20). The maximum atomic E-state index is 11.6. The molecule has 1 fully saturated rings. The van der Waals surface area contributed by atoms with E-state index in [1.54, 1.807) is 18.2 Å². The van der Waals surface area contributed by atoms with Crippen molar-refractivity contribution in [2.24, 2.45) is 5.84 Å². The van der Waals surface area contributed by atoms with Crippen LogP contribution in [0.15, 0.2) is 24.3 Å². The Morgan fingerprint density at radius 1 is 1.43 bits per heavy atom. The number of nitrogens with zero attached hydrogens (tertiary/aromatic N) is 2. The second-order valence-corrected chi connectivity index (χ2v) is 5.45. The number of para-hydroxylation sites is 1. The van der Waals surface area contributed by atoms with Gasteiger partial charge in [-0.15, -0.1) is 0 Å². The largest absolute Gasteiger partial charge is 0.491 e. The molecule has 0 spiro atoms. The van der Waals surface area contributed by atoms with E-state index in [2.05, 4.69) is 29.2 Å². The number of amides is 1. The third kappa shape index (κ3) is 4.17. The van der Waals surface area contributed by atoms with Crippen molar-refractivity contribution in [3.8, 4) is 5.75 Å². The summed E-state index contributed by atoms with van der Waals surface area (Å²) in [6.07, 6.45) is 0. The summed E-state index contributed by atoms with van der Waals surface area (Å²) in [6.45, 7) is 6.82. The van der Waals surface area contributed by atoms with Gasteiger partial charge in [0.05, 0.1) is 5.56 Å². The van der Waals surface area contributed by atoms with Crippen molar-refractivity contribution in [1.82, 2.24) is 15.2 Å². The normalized spacial score (nSPS) is 20.2. The minimum atomic E-state index is -0.334. The van der Waals surface area contributed by atoms with E-state index >= 15 is 0 Å². The summed E-state index contributed by atoms with van der Waals surface area (Å²) in [7, 11) is 2.15. The zero-order valence-corrected chi connectivity index (χ0v) is 12.7. The average Bonchev–Trinajstić information content (AvgIpc) is 2.50. The number of piperazine rings is 1. The van der Waals surface area contributed by atoms with E-state index in [-0.39, 0.29) is 5.91 Å². The highest BCUT2D eigenvalue weighted by Crippen LogP contribution is 2.17. The van der Waals surface area contributed by atoms with Crippen molar-refractivity contribution in [2.45, 2.75) is 13.0 Å². The van der Waals surface area contributed by atoms with Crippen molar-refractivity contribution in [3.05, 3.63) is 29.8 Å². The molecular weight excluding hydrogens is 268 g/mol. The minimum Gasteiger partial charge on any atom is -0.491 e. The van der Waals surface area contributed by atoms with E-state index in [1.165, 1.54) is 0 Å². The summed E-state index contributed by atoms with van der Waals surface area (Å²) < 4.78 is 5.75. The zero-order chi connectivity index (χ0) is 15.2. The van der Waals surface area contributed by atoms with Crippen LogP contribution in [0.2, 0.25) is 0 Å². The van der Waals surface area contributed by atoms with Crippen LogP contribution in [0, 0.1) is 0 Å². The molecule has 21 heavy (non-hydrogen) atoms. The van der Waals surface area contributed by atoms with Gasteiger partial charge in [0.2, 0.25) is 0 Å². The van der Waals surface area contributed by atoms with Crippen LogP contribution < -0.4 is 16.0 Å². The van der Waals surface area contributed by atoms with E-state index in [0.29, 0.717) is 24.0 Å². The van der Waals surface area contributed by atoms with Crippen molar-refractivity contribution in [1.29, 1.82) is 0 Å². The highest BCUT2D eigenvalue weighted by molar-refractivity contribution is 5.96. The molecule has 6 heteroatoms. The first-order valence-corrected chi connectivity index (χ1v) is 7.27. The van der Waals surface area contributed by atoms with Gasteiger partial charge >= 0.3 is 0 Å². The van der Waals surface area contributed by atoms with Crippen LogP contribution in [0.5, 0.6) is 5.75 Å². The Bertz CT molecular complexity index is 480. The van der Waals surface area contributed by atoms with Crippen LogP contribution in [0.3, 0.4) is 0 Å².